The van der Waals surface area contributed by atoms with Gasteiger partial charge in [0.25, 0.3) is 0 Å². The van der Waals surface area contributed by atoms with Gasteiger partial charge in [0.15, 0.2) is 0 Å². The van der Waals surface area contributed by atoms with Crippen LogP contribution >= 0.6 is 0 Å². The Morgan fingerprint density at radius 1 is 1.50 bits per heavy atom. The molecule has 2 rings (SSSR count). The van der Waals surface area contributed by atoms with Crippen LogP contribution < -0.4 is 5.32 Å². The third kappa shape index (κ3) is 1.97. The number of nitrogens with zero attached hydrogens (tertiary/aromatic N) is 1. The van der Waals surface area contributed by atoms with E-state index < -0.39 is 0 Å². The molecule has 0 bridgehead atoms. The second-order valence-corrected chi connectivity index (χ2v) is 5.90. The predicted octanol–water partition coefficient (Wildman–Crippen LogP) is 1.98. The zero-order valence-electron chi connectivity index (χ0n) is 10.9. The second kappa shape index (κ2) is 4.02. The normalized spacial score (nSPS) is 32.6. The summed E-state index contributed by atoms with van der Waals surface area (Å²) in [6.45, 7) is 9.55. The van der Waals surface area contributed by atoms with Crippen LogP contribution in [0.25, 0.3) is 0 Å². The van der Waals surface area contributed by atoms with Crippen molar-refractivity contribution in [1.29, 1.82) is 0 Å². The topological polar surface area (TPSA) is 32.3 Å². The number of hydrogen-bond acceptors (Lipinski definition) is 2. The minimum Gasteiger partial charge on any atom is -0.325 e. The summed E-state index contributed by atoms with van der Waals surface area (Å²) in [6, 6.07) is 0.0000520. The standard InChI is InChI=1S/C13H24N2O/c1-5-13(6-7-13)8-15-11(9(2)3)14-10(4)12(15)16/h9-11,14H,5-8H2,1-4H3. The van der Waals surface area contributed by atoms with Gasteiger partial charge >= 0.3 is 0 Å². The zero-order chi connectivity index (χ0) is 11.9. The van der Waals surface area contributed by atoms with Crippen LogP contribution in [0.4, 0.5) is 0 Å². The van der Waals surface area contributed by atoms with E-state index in [1.54, 1.807) is 0 Å². The lowest BCUT2D eigenvalue weighted by molar-refractivity contribution is -0.131. The van der Waals surface area contributed by atoms with Crippen molar-refractivity contribution in [3.63, 3.8) is 0 Å². The maximum atomic E-state index is 12.1. The first-order chi connectivity index (χ1) is 7.49. The molecule has 0 radical (unpaired) electrons. The van der Waals surface area contributed by atoms with Crippen molar-refractivity contribution in [2.75, 3.05) is 6.54 Å². The molecule has 1 saturated carbocycles. The summed E-state index contributed by atoms with van der Waals surface area (Å²) in [5.74, 6) is 0.778. The van der Waals surface area contributed by atoms with Crippen molar-refractivity contribution in [2.45, 2.75) is 59.2 Å². The third-order valence-electron chi connectivity index (χ3n) is 4.25. The van der Waals surface area contributed by atoms with E-state index in [1.807, 2.05) is 6.92 Å². The molecule has 1 amide bonds. The maximum Gasteiger partial charge on any atom is 0.240 e. The molecule has 2 fully saturated rings. The summed E-state index contributed by atoms with van der Waals surface area (Å²) in [6.07, 6.45) is 4.04. The van der Waals surface area contributed by atoms with E-state index in [-0.39, 0.29) is 12.2 Å². The van der Waals surface area contributed by atoms with Gasteiger partial charge in [-0.1, -0.05) is 20.8 Å². The Morgan fingerprint density at radius 3 is 2.56 bits per heavy atom. The molecule has 16 heavy (non-hydrogen) atoms. The first-order valence-corrected chi connectivity index (χ1v) is 6.55. The highest BCUT2D eigenvalue weighted by Gasteiger charge is 2.47. The molecule has 92 valence electrons. The Hall–Kier alpha value is -0.570. The van der Waals surface area contributed by atoms with Crippen molar-refractivity contribution >= 4 is 5.91 Å². The van der Waals surface area contributed by atoms with E-state index in [0.29, 0.717) is 17.2 Å². The Kier molecular flexibility index (Phi) is 2.99. The van der Waals surface area contributed by atoms with Gasteiger partial charge in [0.1, 0.15) is 0 Å². The second-order valence-electron chi connectivity index (χ2n) is 5.90. The minimum atomic E-state index is 0.0000520. The molecule has 3 nitrogen and oxygen atoms in total. The lowest BCUT2D eigenvalue weighted by Gasteiger charge is -2.30. The molecule has 1 heterocycles. The number of amides is 1. The van der Waals surface area contributed by atoms with E-state index in [9.17, 15) is 4.79 Å². The van der Waals surface area contributed by atoms with Crippen LogP contribution in [0.5, 0.6) is 0 Å². The van der Waals surface area contributed by atoms with Crippen molar-refractivity contribution in [2.24, 2.45) is 11.3 Å². The van der Waals surface area contributed by atoms with E-state index in [1.165, 1.54) is 19.3 Å². The van der Waals surface area contributed by atoms with Crippen LogP contribution in [0.1, 0.15) is 47.0 Å². The largest absolute Gasteiger partial charge is 0.325 e. The molecule has 0 aromatic carbocycles. The van der Waals surface area contributed by atoms with Gasteiger partial charge in [-0.3, -0.25) is 10.1 Å². The predicted molar refractivity (Wildman–Crippen MR) is 64.9 cm³/mol. The fraction of sp³-hybridized carbons (Fsp3) is 0.923. The van der Waals surface area contributed by atoms with Crippen LogP contribution in [-0.4, -0.2) is 29.6 Å². The monoisotopic (exact) mass is 224 g/mol. The average molecular weight is 224 g/mol. The number of carbonyl (C=O) groups is 1. The Balaban J connectivity index is 2.07. The molecule has 1 aliphatic carbocycles. The molecule has 0 aromatic rings. The summed E-state index contributed by atoms with van der Waals surface area (Å²) < 4.78 is 0. The summed E-state index contributed by atoms with van der Waals surface area (Å²) in [4.78, 5) is 14.2. The van der Waals surface area contributed by atoms with E-state index >= 15 is 0 Å². The molecule has 2 aliphatic rings. The van der Waals surface area contributed by atoms with Crippen LogP contribution in [-0.2, 0) is 4.79 Å². The van der Waals surface area contributed by atoms with Crippen molar-refractivity contribution < 1.29 is 4.79 Å². The SMILES string of the molecule is CCC1(CN2C(=O)C(C)NC2C(C)C)CC1. The van der Waals surface area contributed by atoms with Crippen LogP contribution in [0, 0.1) is 11.3 Å². The van der Waals surface area contributed by atoms with Crippen LogP contribution in [0.3, 0.4) is 0 Å². The van der Waals surface area contributed by atoms with Gasteiger partial charge in [-0.25, -0.2) is 0 Å². The smallest absolute Gasteiger partial charge is 0.240 e. The fourth-order valence-electron chi connectivity index (χ4n) is 2.69. The van der Waals surface area contributed by atoms with Gasteiger partial charge < -0.3 is 4.90 Å². The third-order valence-corrected chi connectivity index (χ3v) is 4.25. The molecule has 1 saturated heterocycles. The Bertz CT molecular complexity index is 284. The fourth-order valence-corrected chi connectivity index (χ4v) is 2.69. The van der Waals surface area contributed by atoms with Crippen molar-refractivity contribution in [3.05, 3.63) is 0 Å². The summed E-state index contributed by atoms with van der Waals surface area (Å²) in [5, 5.41) is 3.40. The summed E-state index contributed by atoms with van der Waals surface area (Å²) >= 11 is 0. The van der Waals surface area contributed by atoms with E-state index in [4.69, 9.17) is 0 Å². The van der Waals surface area contributed by atoms with Gasteiger partial charge in [0.05, 0.1) is 12.2 Å². The molecule has 2 atom stereocenters. The maximum absolute atomic E-state index is 12.1. The number of hydrogen-bond donors (Lipinski definition) is 1. The van der Waals surface area contributed by atoms with E-state index in [0.717, 1.165) is 6.54 Å². The first kappa shape index (κ1) is 11.9. The molecule has 0 spiro atoms. The molecule has 0 aromatic heterocycles. The van der Waals surface area contributed by atoms with Gasteiger partial charge in [-0.15, -0.1) is 0 Å². The lowest BCUT2D eigenvalue weighted by atomic mass is 10.0. The molecular formula is C13H24N2O. The summed E-state index contributed by atoms with van der Waals surface area (Å²) in [7, 11) is 0. The van der Waals surface area contributed by atoms with Crippen LogP contribution in [0.15, 0.2) is 0 Å². The number of rotatable bonds is 4. The Labute approximate surface area is 98.6 Å². The highest BCUT2D eigenvalue weighted by atomic mass is 16.2. The average Bonchev–Trinajstić information content (AvgIpc) is 2.96. The van der Waals surface area contributed by atoms with Crippen LogP contribution in [0.2, 0.25) is 0 Å². The summed E-state index contributed by atoms with van der Waals surface area (Å²) in [5.41, 5.74) is 0.453. The zero-order valence-corrected chi connectivity index (χ0v) is 10.9. The quantitative estimate of drug-likeness (QED) is 0.792. The molecule has 3 heteroatoms. The van der Waals surface area contributed by atoms with E-state index in [2.05, 4.69) is 31.0 Å². The number of carbonyl (C=O) groups excluding carboxylic acids is 1. The van der Waals surface area contributed by atoms with Gasteiger partial charge in [-0.05, 0) is 37.5 Å². The van der Waals surface area contributed by atoms with Crippen molar-refractivity contribution in [1.82, 2.24) is 10.2 Å². The molecular weight excluding hydrogens is 200 g/mol. The highest BCUT2D eigenvalue weighted by Crippen LogP contribution is 2.49. The van der Waals surface area contributed by atoms with Gasteiger partial charge in [0.2, 0.25) is 5.91 Å². The minimum absolute atomic E-state index is 0.0000520. The highest BCUT2D eigenvalue weighted by molar-refractivity contribution is 5.84. The number of nitrogens with one attached hydrogen (secondary N) is 1. The van der Waals surface area contributed by atoms with Crippen molar-refractivity contribution in [3.8, 4) is 0 Å². The first-order valence-electron chi connectivity index (χ1n) is 6.55. The molecule has 1 N–H and O–H groups in total. The van der Waals surface area contributed by atoms with Gasteiger partial charge in [-0.2, -0.15) is 0 Å². The lowest BCUT2D eigenvalue weighted by Crippen LogP contribution is -2.44. The molecule has 2 unspecified atom stereocenters. The van der Waals surface area contributed by atoms with Gasteiger partial charge in [0, 0.05) is 6.54 Å². The Morgan fingerprint density at radius 2 is 2.12 bits per heavy atom. The molecule has 1 aliphatic heterocycles.